The highest BCUT2D eigenvalue weighted by Crippen LogP contribution is 2.18. The number of aliphatic hydroxyl groups excluding tert-OH is 1. The maximum absolute atomic E-state index is 11.5. The van der Waals surface area contributed by atoms with Gasteiger partial charge in [0.15, 0.2) is 0 Å². The highest BCUT2D eigenvalue weighted by molar-refractivity contribution is 5.89. The van der Waals surface area contributed by atoms with Gasteiger partial charge in [0, 0.05) is 0 Å². The average Bonchev–Trinajstić information content (AvgIpc) is 2.25. The molecule has 3 heteroatoms. The fraction of sp³-hybridized carbons (Fsp3) is 0.583. The Morgan fingerprint density at radius 1 is 1.53 bits per heavy atom. The van der Waals surface area contributed by atoms with Gasteiger partial charge in [-0.25, -0.2) is 4.79 Å². The normalized spacial score (nSPS) is 15.5. The van der Waals surface area contributed by atoms with Crippen molar-refractivity contribution in [2.75, 3.05) is 6.61 Å². The Balaban J connectivity index is 2.36. The van der Waals surface area contributed by atoms with E-state index in [1.807, 2.05) is 6.08 Å². The van der Waals surface area contributed by atoms with Crippen molar-refractivity contribution in [3.05, 3.63) is 23.5 Å². The highest BCUT2D eigenvalue weighted by Gasteiger charge is 2.16. The van der Waals surface area contributed by atoms with E-state index in [1.54, 1.807) is 6.08 Å². The van der Waals surface area contributed by atoms with Crippen molar-refractivity contribution in [1.29, 1.82) is 0 Å². The first kappa shape index (κ1) is 11.8. The number of esters is 1. The van der Waals surface area contributed by atoms with Gasteiger partial charge in [0.25, 0.3) is 0 Å². The maximum Gasteiger partial charge on any atom is 0.337 e. The Morgan fingerprint density at radius 2 is 2.33 bits per heavy atom. The van der Waals surface area contributed by atoms with Crippen LogP contribution in [-0.4, -0.2) is 17.7 Å². The quantitative estimate of drug-likeness (QED) is 0.560. The zero-order valence-corrected chi connectivity index (χ0v) is 9.16. The molecule has 0 saturated heterocycles. The first-order chi connectivity index (χ1) is 7.25. The highest BCUT2D eigenvalue weighted by atomic mass is 16.5. The lowest BCUT2D eigenvalue weighted by Crippen LogP contribution is -2.12. The lowest BCUT2D eigenvalue weighted by Gasteiger charge is -2.11. The Labute approximate surface area is 90.4 Å². The molecule has 0 unspecified atom stereocenters. The van der Waals surface area contributed by atoms with Crippen LogP contribution in [0.15, 0.2) is 23.5 Å². The van der Waals surface area contributed by atoms with Crippen molar-refractivity contribution < 1.29 is 14.6 Å². The minimum atomic E-state index is -0.368. The van der Waals surface area contributed by atoms with Crippen molar-refractivity contribution >= 4 is 5.97 Å². The van der Waals surface area contributed by atoms with Crippen LogP contribution in [0.2, 0.25) is 0 Å². The fourth-order valence-electron chi connectivity index (χ4n) is 1.46. The molecule has 1 N–H and O–H groups in total. The molecule has 3 nitrogen and oxygen atoms in total. The summed E-state index contributed by atoms with van der Waals surface area (Å²) in [6.45, 7) is 2.55. The zero-order valence-electron chi connectivity index (χ0n) is 9.16. The number of unbranched alkanes of at least 4 members (excludes halogenated alkanes) is 2. The van der Waals surface area contributed by atoms with Gasteiger partial charge in [-0.1, -0.05) is 25.8 Å². The maximum atomic E-state index is 11.5. The van der Waals surface area contributed by atoms with Gasteiger partial charge in [-0.2, -0.15) is 0 Å². The molecule has 0 fully saturated rings. The number of ether oxygens (including phenoxy) is 1. The lowest BCUT2D eigenvalue weighted by molar-refractivity contribution is -0.139. The Hall–Kier alpha value is -1.25. The lowest BCUT2D eigenvalue weighted by atomic mass is 10.0. The van der Waals surface area contributed by atoms with Crippen molar-refractivity contribution in [3.8, 4) is 0 Å². The largest absolute Gasteiger partial charge is 0.507 e. The fourth-order valence-corrected chi connectivity index (χ4v) is 1.46. The van der Waals surface area contributed by atoms with Crippen molar-refractivity contribution in [3.63, 3.8) is 0 Å². The second kappa shape index (κ2) is 6.27. The number of carbonyl (C=O) groups excluding carboxylic acids is 1. The van der Waals surface area contributed by atoms with E-state index >= 15 is 0 Å². The molecule has 0 aromatic rings. The van der Waals surface area contributed by atoms with E-state index < -0.39 is 0 Å². The molecular weight excluding hydrogens is 192 g/mol. The summed E-state index contributed by atoms with van der Waals surface area (Å²) in [7, 11) is 0. The molecule has 15 heavy (non-hydrogen) atoms. The molecule has 1 aliphatic carbocycles. The number of allylic oxidation sites excluding steroid dienone is 2. The van der Waals surface area contributed by atoms with E-state index in [0.29, 0.717) is 18.6 Å². The van der Waals surface area contributed by atoms with E-state index in [9.17, 15) is 9.90 Å². The first-order valence-electron chi connectivity index (χ1n) is 5.51. The van der Waals surface area contributed by atoms with Crippen LogP contribution >= 0.6 is 0 Å². The number of aliphatic hydroxyl groups is 1. The molecule has 0 bridgehead atoms. The molecule has 0 heterocycles. The molecule has 0 radical (unpaired) electrons. The summed E-state index contributed by atoms with van der Waals surface area (Å²) in [5.74, 6) is -0.310. The Kier molecular flexibility index (Phi) is 4.95. The van der Waals surface area contributed by atoms with E-state index in [1.165, 1.54) is 0 Å². The van der Waals surface area contributed by atoms with E-state index in [-0.39, 0.29) is 11.7 Å². The number of hydrogen-bond donors (Lipinski definition) is 1. The summed E-state index contributed by atoms with van der Waals surface area (Å²) >= 11 is 0. The third kappa shape index (κ3) is 3.78. The van der Waals surface area contributed by atoms with Crippen LogP contribution in [0.25, 0.3) is 0 Å². The molecule has 84 valence electrons. The summed E-state index contributed by atoms with van der Waals surface area (Å²) in [5, 5.41) is 9.43. The predicted octanol–water partition coefficient (Wildman–Crippen LogP) is 2.88. The summed E-state index contributed by atoms with van der Waals surface area (Å²) < 4.78 is 5.06. The monoisotopic (exact) mass is 210 g/mol. The summed E-state index contributed by atoms with van der Waals surface area (Å²) in [5.41, 5.74) is 0.411. The van der Waals surface area contributed by atoms with Gasteiger partial charge in [-0.3, -0.25) is 0 Å². The molecule has 1 aliphatic rings. The first-order valence-corrected chi connectivity index (χ1v) is 5.51. The van der Waals surface area contributed by atoms with Gasteiger partial charge >= 0.3 is 5.97 Å². The number of carbonyl (C=O) groups is 1. The minimum Gasteiger partial charge on any atom is -0.507 e. The second-order valence-corrected chi connectivity index (χ2v) is 3.65. The van der Waals surface area contributed by atoms with Gasteiger partial charge in [0.05, 0.1) is 12.2 Å². The molecule has 0 aromatic carbocycles. The van der Waals surface area contributed by atoms with Crippen LogP contribution < -0.4 is 0 Å². The van der Waals surface area contributed by atoms with Crippen LogP contribution in [0.3, 0.4) is 0 Å². The smallest absolute Gasteiger partial charge is 0.337 e. The van der Waals surface area contributed by atoms with Crippen molar-refractivity contribution in [1.82, 2.24) is 0 Å². The van der Waals surface area contributed by atoms with Gasteiger partial charge in [-0.15, -0.1) is 0 Å². The molecule has 0 aliphatic heterocycles. The van der Waals surface area contributed by atoms with Gasteiger partial charge in [0.2, 0.25) is 0 Å². The molecule has 0 atom stereocenters. The van der Waals surface area contributed by atoms with Crippen molar-refractivity contribution in [2.24, 2.45) is 0 Å². The average molecular weight is 210 g/mol. The van der Waals surface area contributed by atoms with Crippen molar-refractivity contribution in [2.45, 2.75) is 39.0 Å². The van der Waals surface area contributed by atoms with Crippen LogP contribution in [0, 0.1) is 0 Å². The van der Waals surface area contributed by atoms with Crippen LogP contribution in [0.1, 0.15) is 39.0 Å². The Morgan fingerprint density at radius 3 is 3.00 bits per heavy atom. The van der Waals surface area contributed by atoms with Crippen LogP contribution in [0.4, 0.5) is 0 Å². The molecule has 0 saturated carbocycles. The molecule has 0 amide bonds. The standard InChI is InChI=1S/C12H18O3/c1-2-3-6-9-15-12(14)10-7-4-5-8-11(10)13/h5,8,13H,2-4,6-7,9H2,1H3. The SMILES string of the molecule is CCCCCOC(=O)C1=C(O)C=CCC1. The number of rotatable bonds is 5. The molecular formula is C12H18O3. The van der Waals surface area contributed by atoms with Gasteiger partial charge in [-0.05, 0) is 25.3 Å². The predicted molar refractivity (Wildman–Crippen MR) is 58.5 cm³/mol. The van der Waals surface area contributed by atoms with Gasteiger partial charge in [0.1, 0.15) is 5.76 Å². The van der Waals surface area contributed by atoms with E-state index in [0.717, 1.165) is 25.7 Å². The molecule has 1 rings (SSSR count). The van der Waals surface area contributed by atoms with Crippen LogP contribution in [-0.2, 0) is 9.53 Å². The zero-order chi connectivity index (χ0) is 11.1. The molecule has 0 spiro atoms. The minimum absolute atomic E-state index is 0.0572. The molecule has 0 aromatic heterocycles. The van der Waals surface area contributed by atoms with Crippen LogP contribution in [0.5, 0.6) is 0 Å². The third-order valence-electron chi connectivity index (χ3n) is 2.37. The third-order valence-corrected chi connectivity index (χ3v) is 2.37. The number of hydrogen-bond acceptors (Lipinski definition) is 3. The topological polar surface area (TPSA) is 46.5 Å². The Bertz CT molecular complexity index is 277. The summed E-state index contributed by atoms with van der Waals surface area (Å²) in [6.07, 6.45) is 7.85. The van der Waals surface area contributed by atoms with Gasteiger partial charge < -0.3 is 9.84 Å². The van der Waals surface area contributed by atoms with E-state index in [4.69, 9.17) is 4.74 Å². The summed E-state index contributed by atoms with van der Waals surface area (Å²) in [4.78, 5) is 11.5. The van der Waals surface area contributed by atoms with E-state index in [2.05, 4.69) is 6.92 Å². The second-order valence-electron chi connectivity index (χ2n) is 3.65. The summed E-state index contributed by atoms with van der Waals surface area (Å²) in [6, 6.07) is 0.